The van der Waals surface area contributed by atoms with Crippen molar-refractivity contribution in [2.45, 2.75) is 32.6 Å². The Balaban J connectivity index is 1.62. The highest BCUT2D eigenvalue weighted by molar-refractivity contribution is 5.85. The second kappa shape index (κ2) is 5.41. The Kier molecular flexibility index (Phi) is 3.81. The SMILES string of the molecule is CCN1CC[C@@]2(CCCN(C[C@@H]3CCOC3)C2)C1=O. The molecule has 4 nitrogen and oxygen atoms in total. The van der Waals surface area contributed by atoms with E-state index in [1.54, 1.807) is 0 Å². The lowest BCUT2D eigenvalue weighted by Gasteiger charge is -2.39. The summed E-state index contributed by atoms with van der Waals surface area (Å²) in [4.78, 5) is 17.1. The first-order chi connectivity index (χ1) is 9.23. The minimum Gasteiger partial charge on any atom is -0.381 e. The van der Waals surface area contributed by atoms with Crippen LogP contribution < -0.4 is 0 Å². The maximum atomic E-state index is 12.6. The minimum absolute atomic E-state index is 0.0479. The molecule has 0 saturated carbocycles. The molecule has 0 unspecified atom stereocenters. The van der Waals surface area contributed by atoms with E-state index in [0.717, 1.165) is 58.8 Å². The van der Waals surface area contributed by atoms with Gasteiger partial charge in [0.25, 0.3) is 0 Å². The summed E-state index contributed by atoms with van der Waals surface area (Å²) in [6.07, 6.45) is 4.53. The van der Waals surface area contributed by atoms with E-state index in [1.807, 2.05) is 4.90 Å². The molecule has 3 fully saturated rings. The summed E-state index contributed by atoms with van der Waals surface area (Å²) in [6, 6.07) is 0. The molecular weight excluding hydrogens is 240 g/mol. The lowest BCUT2D eigenvalue weighted by molar-refractivity contribution is -0.138. The molecular formula is C15H26N2O2. The molecule has 0 aromatic carbocycles. The molecule has 3 heterocycles. The normalized spacial score (nSPS) is 36.6. The Bertz CT molecular complexity index is 341. The summed E-state index contributed by atoms with van der Waals surface area (Å²) < 4.78 is 5.47. The van der Waals surface area contributed by atoms with Gasteiger partial charge in [-0.2, -0.15) is 0 Å². The molecule has 0 aliphatic carbocycles. The third kappa shape index (κ3) is 2.52. The predicted octanol–water partition coefficient (Wildman–Crippen LogP) is 1.36. The summed E-state index contributed by atoms with van der Waals surface area (Å²) in [5.41, 5.74) is -0.0479. The average Bonchev–Trinajstić information content (AvgIpc) is 3.01. The van der Waals surface area contributed by atoms with Gasteiger partial charge >= 0.3 is 0 Å². The third-order valence-corrected chi connectivity index (χ3v) is 5.18. The zero-order valence-electron chi connectivity index (χ0n) is 12.1. The fourth-order valence-corrected chi connectivity index (χ4v) is 4.05. The first-order valence-corrected chi connectivity index (χ1v) is 7.83. The summed E-state index contributed by atoms with van der Waals surface area (Å²) in [6.45, 7) is 9.04. The Morgan fingerprint density at radius 2 is 2.26 bits per heavy atom. The van der Waals surface area contributed by atoms with Gasteiger partial charge in [0.05, 0.1) is 12.0 Å². The smallest absolute Gasteiger partial charge is 0.230 e. The van der Waals surface area contributed by atoms with E-state index in [4.69, 9.17) is 4.74 Å². The third-order valence-electron chi connectivity index (χ3n) is 5.18. The van der Waals surface area contributed by atoms with Crippen LogP contribution in [-0.4, -0.2) is 61.6 Å². The lowest BCUT2D eigenvalue weighted by atomic mass is 9.78. The van der Waals surface area contributed by atoms with Crippen LogP contribution in [-0.2, 0) is 9.53 Å². The van der Waals surface area contributed by atoms with Crippen molar-refractivity contribution in [2.24, 2.45) is 11.3 Å². The second-order valence-electron chi connectivity index (χ2n) is 6.48. The van der Waals surface area contributed by atoms with Crippen molar-refractivity contribution in [3.8, 4) is 0 Å². The standard InChI is InChI=1S/C15H26N2O2/c1-2-17-8-6-15(14(17)18)5-3-7-16(12-15)10-13-4-9-19-11-13/h13H,2-12H2,1H3/t13-,15+/m0/s1. The number of amides is 1. The van der Waals surface area contributed by atoms with Gasteiger partial charge in [0.1, 0.15) is 0 Å². The Labute approximate surface area is 116 Å². The van der Waals surface area contributed by atoms with Gasteiger partial charge in [-0.15, -0.1) is 0 Å². The van der Waals surface area contributed by atoms with Gasteiger partial charge in [-0.25, -0.2) is 0 Å². The molecule has 0 aromatic rings. The molecule has 1 spiro atoms. The van der Waals surface area contributed by atoms with Crippen LogP contribution in [0.1, 0.15) is 32.6 Å². The zero-order valence-corrected chi connectivity index (χ0v) is 12.1. The van der Waals surface area contributed by atoms with Crippen molar-refractivity contribution < 1.29 is 9.53 Å². The summed E-state index contributed by atoms with van der Waals surface area (Å²) >= 11 is 0. The van der Waals surface area contributed by atoms with Crippen LogP contribution in [0.2, 0.25) is 0 Å². The fourth-order valence-electron chi connectivity index (χ4n) is 4.05. The molecule has 0 bridgehead atoms. The number of rotatable bonds is 3. The highest BCUT2D eigenvalue weighted by Gasteiger charge is 2.48. The predicted molar refractivity (Wildman–Crippen MR) is 73.9 cm³/mol. The van der Waals surface area contributed by atoms with Crippen LogP contribution in [0.3, 0.4) is 0 Å². The zero-order chi connectivity index (χ0) is 13.3. The summed E-state index contributed by atoms with van der Waals surface area (Å²) in [7, 11) is 0. The van der Waals surface area contributed by atoms with Crippen LogP contribution in [0.4, 0.5) is 0 Å². The van der Waals surface area contributed by atoms with Crippen molar-refractivity contribution in [3.63, 3.8) is 0 Å². The number of hydrogen-bond donors (Lipinski definition) is 0. The van der Waals surface area contributed by atoms with Crippen molar-refractivity contribution in [3.05, 3.63) is 0 Å². The number of carbonyl (C=O) groups is 1. The van der Waals surface area contributed by atoms with Crippen molar-refractivity contribution in [1.29, 1.82) is 0 Å². The molecule has 3 rings (SSSR count). The highest BCUT2D eigenvalue weighted by Crippen LogP contribution is 2.40. The van der Waals surface area contributed by atoms with Gasteiger partial charge in [0.15, 0.2) is 0 Å². The molecule has 3 aliphatic heterocycles. The minimum atomic E-state index is -0.0479. The van der Waals surface area contributed by atoms with Crippen LogP contribution >= 0.6 is 0 Å². The number of carbonyl (C=O) groups excluding carboxylic acids is 1. The highest BCUT2D eigenvalue weighted by atomic mass is 16.5. The van der Waals surface area contributed by atoms with Crippen molar-refractivity contribution >= 4 is 5.91 Å². The fraction of sp³-hybridized carbons (Fsp3) is 0.933. The molecule has 19 heavy (non-hydrogen) atoms. The van der Waals surface area contributed by atoms with Crippen LogP contribution in [0, 0.1) is 11.3 Å². The largest absolute Gasteiger partial charge is 0.381 e. The van der Waals surface area contributed by atoms with Gasteiger partial charge in [-0.05, 0) is 45.1 Å². The average molecular weight is 266 g/mol. The number of likely N-dealkylation sites (tertiary alicyclic amines) is 2. The Morgan fingerprint density at radius 3 is 2.95 bits per heavy atom. The molecule has 0 radical (unpaired) electrons. The number of hydrogen-bond acceptors (Lipinski definition) is 3. The van der Waals surface area contributed by atoms with E-state index >= 15 is 0 Å². The first-order valence-electron chi connectivity index (χ1n) is 7.83. The second-order valence-corrected chi connectivity index (χ2v) is 6.48. The molecule has 0 N–H and O–H groups in total. The molecule has 0 aromatic heterocycles. The van der Waals surface area contributed by atoms with E-state index in [1.165, 1.54) is 12.8 Å². The molecule has 108 valence electrons. The van der Waals surface area contributed by atoms with Crippen LogP contribution in [0.5, 0.6) is 0 Å². The van der Waals surface area contributed by atoms with E-state index in [0.29, 0.717) is 11.8 Å². The van der Waals surface area contributed by atoms with Gasteiger partial charge in [-0.3, -0.25) is 4.79 Å². The lowest BCUT2D eigenvalue weighted by Crippen LogP contribution is -2.49. The van der Waals surface area contributed by atoms with Gasteiger partial charge < -0.3 is 14.5 Å². The van der Waals surface area contributed by atoms with Gasteiger partial charge in [-0.1, -0.05) is 0 Å². The van der Waals surface area contributed by atoms with E-state index in [2.05, 4.69) is 11.8 Å². The maximum Gasteiger partial charge on any atom is 0.230 e. The summed E-state index contributed by atoms with van der Waals surface area (Å²) in [5.74, 6) is 1.11. The monoisotopic (exact) mass is 266 g/mol. The van der Waals surface area contributed by atoms with Crippen molar-refractivity contribution in [2.75, 3.05) is 45.9 Å². The van der Waals surface area contributed by atoms with E-state index in [-0.39, 0.29) is 5.41 Å². The number of ether oxygens (including phenoxy) is 1. The Hall–Kier alpha value is -0.610. The molecule has 3 aliphatic rings. The Morgan fingerprint density at radius 1 is 1.37 bits per heavy atom. The van der Waals surface area contributed by atoms with Crippen LogP contribution in [0.15, 0.2) is 0 Å². The maximum absolute atomic E-state index is 12.6. The number of nitrogens with zero attached hydrogens (tertiary/aromatic N) is 2. The van der Waals surface area contributed by atoms with E-state index in [9.17, 15) is 4.79 Å². The van der Waals surface area contributed by atoms with Crippen LogP contribution in [0.25, 0.3) is 0 Å². The molecule has 2 atom stereocenters. The molecule has 3 saturated heterocycles. The van der Waals surface area contributed by atoms with Gasteiger partial charge in [0, 0.05) is 32.8 Å². The topological polar surface area (TPSA) is 32.8 Å². The van der Waals surface area contributed by atoms with E-state index < -0.39 is 0 Å². The quantitative estimate of drug-likeness (QED) is 0.773. The van der Waals surface area contributed by atoms with Gasteiger partial charge in [0.2, 0.25) is 5.91 Å². The molecule has 1 amide bonds. The first kappa shape index (κ1) is 13.4. The summed E-state index contributed by atoms with van der Waals surface area (Å²) in [5, 5.41) is 0. The number of piperidine rings is 1. The van der Waals surface area contributed by atoms with Crippen molar-refractivity contribution in [1.82, 2.24) is 9.80 Å². The molecule has 4 heteroatoms.